The van der Waals surface area contributed by atoms with E-state index < -0.39 is 0 Å². The molecule has 0 unspecified atom stereocenters. The van der Waals surface area contributed by atoms with E-state index in [1.165, 1.54) is 5.56 Å². The highest BCUT2D eigenvalue weighted by Gasteiger charge is 2.26. The lowest BCUT2D eigenvalue weighted by Gasteiger charge is -2.33. The van der Waals surface area contributed by atoms with Gasteiger partial charge >= 0.3 is 0 Å². The van der Waals surface area contributed by atoms with E-state index in [0.29, 0.717) is 5.56 Å². The second kappa shape index (κ2) is 9.90. The van der Waals surface area contributed by atoms with Crippen molar-refractivity contribution < 1.29 is 9.90 Å². The molecule has 0 spiro atoms. The van der Waals surface area contributed by atoms with E-state index in [9.17, 15) is 9.90 Å². The maximum atomic E-state index is 12.4. The highest BCUT2D eigenvalue weighted by Crippen LogP contribution is 2.28. The van der Waals surface area contributed by atoms with Gasteiger partial charge in [0.1, 0.15) is 0 Å². The van der Waals surface area contributed by atoms with Crippen LogP contribution in [-0.4, -0.2) is 54.7 Å². The van der Waals surface area contributed by atoms with Gasteiger partial charge in [-0.2, -0.15) is 0 Å². The predicted molar refractivity (Wildman–Crippen MR) is 118 cm³/mol. The molecule has 2 aromatic rings. The van der Waals surface area contributed by atoms with Crippen LogP contribution in [0.1, 0.15) is 48.7 Å². The third-order valence-electron chi connectivity index (χ3n) is 5.86. The maximum absolute atomic E-state index is 12.4. The molecule has 0 radical (unpaired) electrons. The SMILES string of the molecule is CC[C@@H](C)NC(=O)c1ccc(N(C)[C@H](CN2CC[C@H](O)C2)c2ccccc2)cc1. The number of likely N-dealkylation sites (tertiary alicyclic amines) is 1. The monoisotopic (exact) mass is 395 g/mol. The van der Waals surface area contributed by atoms with Crippen LogP contribution in [0.4, 0.5) is 5.69 Å². The molecule has 1 amide bonds. The van der Waals surface area contributed by atoms with Crippen LogP contribution in [0.3, 0.4) is 0 Å². The molecule has 0 bridgehead atoms. The Balaban J connectivity index is 1.76. The van der Waals surface area contributed by atoms with Gasteiger partial charge in [0, 0.05) is 44.0 Å². The quantitative estimate of drug-likeness (QED) is 0.719. The zero-order valence-corrected chi connectivity index (χ0v) is 17.7. The molecule has 156 valence electrons. The first-order valence-corrected chi connectivity index (χ1v) is 10.6. The van der Waals surface area contributed by atoms with Crippen molar-refractivity contribution in [2.75, 3.05) is 31.6 Å². The molecule has 5 nitrogen and oxygen atoms in total. The fraction of sp³-hybridized carbons (Fsp3) is 0.458. The summed E-state index contributed by atoms with van der Waals surface area (Å²) in [5.74, 6) is -0.0285. The van der Waals surface area contributed by atoms with Crippen LogP contribution in [0.2, 0.25) is 0 Å². The number of carbonyl (C=O) groups is 1. The van der Waals surface area contributed by atoms with Gasteiger partial charge in [-0.05, 0) is 49.6 Å². The normalized spacial score (nSPS) is 19.0. The van der Waals surface area contributed by atoms with E-state index >= 15 is 0 Å². The molecular formula is C24H33N3O2. The first-order chi connectivity index (χ1) is 14.0. The Bertz CT molecular complexity index is 778. The van der Waals surface area contributed by atoms with Gasteiger partial charge in [0.25, 0.3) is 5.91 Å². The molecule has 2 N–H and O–H groups in total. The van der Waals surface area contributed by atoms with Gasteiger partial charge in [-0.15, -0.1) is 0 Å². The van der Waals surface area contributed by atoms with E-state index in [1.807, 2.05) is 37.3 Å². The summed E-state index contributed by atoms with van der Waals surface area (Å²) < 4.78 is 0. The molecule has 1 aliphatic rings. The number of aliphatic hydroxyl groups excluding tert-OH is 1. The van der Waals surface area contributed by atoms with Gasteiger partial charge in [-0.1, -0.05) is 37.3 Å². The Morgan fingerprint density at radius 1 is 1.21 bits per heavy atom. The first-order valence-electron chi connectivity index (χ1n) is 10.6. The van der Waals surface area contributed by atoms with Crippen LogP contribution in [0.25, 0.3) is 0 Å². The molecule has 5 heteroatoms. The summed E-state index contributed by atoms with van der Waals surface area (Å²) in [5.41, 5.74) is 3.00. The van der Waals surface area contributed by atoms with E-state index in [1.54, 1.807) is 0 Å². The summed E-state index contributed by atoms with van der Waals surface area (Å²) >= 11 is 0. The third kappa shape index (κ3) is 5.58. The fourth-order valence-corrected chi connectivity index (χ4v) is 3.79. The molecular weight excluding hydrogens is 362 g/mol. The van der Waals surface area contributed by atoms with Gasteiger partial charge in [-0.3, -0.25) is 9.69 Å². The van der Waals surface area contributed by atoms with Crippen LogP contribution in [0.15, 0.2) is 54.6 Å². The number of nitrogens with zero attached hydrogens (tertiary/aromatic N) is 2. The number of hydrogen-bond acceptors (Lipinski definition) is 4. The molecule has 1 aliphatic heterocycles. The van der Waals surface area contributed by atoms with Crippen molar-refractivity contribution in [1.29, 1.82) is 0 Å². The number of hydrogen-bond donors (Lipinski definition) is 2. The summed E-state index contributed by atoms with van der Waals surface area (Å²) in [6, 6.07) is 18.6. The standard InChI is InChI=1S/C24H33N3O2/c1-4-18(2)25-24(29)20-10-12-21(13-11-20)26(3)23(19-8-6-5-7-9-19)17-27-15-14-22(28)16-27/h5-13,18,22-23,28H,4,14-17H2,1-3H3,(H,25,29)/t18-,22+,23-/m1/s1. The van der Waals surface area contributed by atoms with Gasteiger partial charge < -0.3 is 15.3 Å². The number of anilines is 1. The number of aliphatic hydroxyl groups is 1. The minimum absolute atomic E-state index is 0.0285. The molecule has 0 aliphatic carbocycles. The van der Waals surface area contributed by atoms with Gasteiger partial charge in [-0.25, -0.2) is 0 Å². The number of nitrogens with one attached hydrogen (secondary N) is 1. The summed E-state index contributed by atoms with van der Waals surface area (Å²) in [6.07, 6.45) is 1.53. The van der Waals surface area contributed by atoms with E-state index in [0.717, 1.165) is 38.2 Å². The van der Waals surface area contributed by atoms with Crippen molar-refractivity contribution >= 4 is 11.6 Å². The Kier molecular flexibility index (Phi) is 7.29. The molecule has 3 atom stereocenters. The van der Waals surface area contributed by atoms with Crippen LogP contribution in [-0.2, 0) is 0 Å². The summed E-state index contributed by atoms with van der Waals surface area (Å²) in [4.78, 5) is 16.9. The molecule has 2 aromatic carbocycles. The maximum Gasteiger partial charge on any atom is 0.251 e. The van der Waals surface area contributed by atoms with Crippen molar-refractivity contribution in [3.63, 3.8) is 0 Å². The minimum atomic E-state index is -0.222. The molecule has 1 saturated heterocycles. The number of likely N-dealkylation sites (N-methyl/N-ethyl adjacent to an activating group) is 1. The predicted octanol–water partition coefficient (Wildman–Crippen LogP) is 3.46. The number of rotatable bonds is 8. The Morgan fingerprint density at radius 3 is 2.48 bits per heavy atom. The fourth-order valence-electron chi connectivity index (χ4n) is 3.79. The molecule has 29 heavy (non-hydrogen) atoms. The largest absolute Gasteiger partial charge is 0.392 e. The molecule has 1 fully saturated rings. The second-order valence-electron chi connectivity index (χ2n) is 8.07. The summed E-state index contributed by atoms with van der Waals surface area (Å²) in [7, 11) is 2.10. The number of benzene rings is 2. The van der Waals surface area contributed by atoms with Crippen LogP contribution in [0.5, 0.6) is 0 Å². The Labute approximate surface area is 174 Å². The van der Waals surface area contributed by atoms with E-state index in [2.05, 4.69) is 53.4 Å². The summed E-state index contributed by atoms with van der Waals surface area (Å²) in [5, 5.41) is 12.9. The zero-order valence-electron chi connectivity index (χ0n) is 17.7. The highest BCUT2D eigenvalue weighted by molar-refractivity contribution is 5.94. The van der Waals surface area contributed by atoms with Crippen molar-refractivity contribution in [2.24, 2.45) is 0 Å². The first kappa shape index (κ1) is 21.3. The van der Waals surface area contributed by atoms with Crippen molar-refractivity contribution in [1.82, 2.24) is 10.2 Å². The minimum Gasteiger partial charge on any atom is -0.392 e. The van der Waals surface area contributed by atoms with Gasteiger partial charge in [0.05, 0.1) is 12.1 Å². The lowest BCUT2D eigenvalue weighted by Crippen LogP contribution is -2.36. The molecule has 3 rings (SSSR count). The lowest BCUT2D eigenvalue weighted by molar-refractivity contribution is 0.0939. The van der Waals surface area contributed by atoms with Gasteiger partial charge in [0.15, 0.2) is 0 Å². The highest BCUT2D eigenvalue weighted by atomic mass is 16.3. The average molecular weight is 396 g/mol. The molecule has 0 aromatic heterocycles. The zero-order chi connectivity index (χ0) is 20.8. The third-order valence-corrected chi connectivity index (χ3v) is 5.86. The average Bonchev–Trinajstić information content (AvgIpc) is 3.17. The van der Waals surface area contributed by atoms with E-state index in [-0.39, 0.29) is 24.1 Å². The van der Waals surface area contributed by atoms with Crippen LogP contribution < -0.4 is 10.2 Å². The van der Waals surface area contributed by atoms with Crippen molar-refractivity contribution in [3.05, 3.63) is 65.7 Å². The molecule has 1 heterocycles. The Morgan fingerprint density at radius 2 is 1.90 bits per heavy atom. The van der Waals surface area contributed by atoms with Crippen LogP contribution >= 0.6 is 0 Å². The van der Waals surface area contributed by atoms with Crippen LogP contribution in [0, 0.1) is 0 Å². The molecule has 0 saturated carbocycles. The van der Waals surface area contributed by atoms with Crippen molar-refractivity contribution in [2.45, 2.75) is 44.9 Å². The topological polar surface area (TPSA) is 55.8 Å². The van der Waals surface area contributed by atoms with E-state index in [4.69, 9.17) is 0 Å². The summed E-state index contributed by atoms with van der Waals surface area (Å²) in [6.45, 7) is 6.58. The number of β-amino-alcohol motifs (C(OH)–C–C–N with tert-alkyl or cyclic N) is 1. The Hall–Kier alpha value is -2.37. The number of amides is 1. The number of carbonyl (C=O) groups excluding carboxylic acids is 1. The van der Waals surface area contributed by atoms with Gasteiger partial charge in [0.2, 0.25) is 0 Å². The van der Waals surface area contributed by atoms with Crippen molar-refractivity contribution in [3.8, 4) is 0 Å². The lowest BCUT2D eigenvalue weighted by atomic mass is 10.0. The second-order valence-corrected chi connectivity index (χ2v) is 8.07. The smallest absolute Gasteiger partial charge is 0.251 e.